The van der Waals surface area contributed by atoms with Crippen LogP contribution >= 0.6 is 0 Å². The summed E-state index contributed by atoms with van der Waals surface area (Å²) < 4.78 is 13.0. The van der Waals surface area contributed by atoms with E-state index in [1.54, 1.807) is 19.2 Å². The Kier molecular flexibility index (Phi) is 6.36. The number of rotatable bonds is 9. The first-order valence-electron chi connectivity index (χ1n) is 10.6. The number of unbranched alkanes of at least 4 members (excludes halogenated alkanes) is 1. The number of methoxy groups -OCH3 is 1. The number of nitrogens with one attached hydrogen (secondary N) is 1. The molecule has 31 heavy (non-hydrogen) atoms. The predicted molar refractivity (Wildman–Crippen MR) is 120 cm³/mol. The number of ether oxygens (including phenoxy) is 1. The molecular weight excluding hydrogens is 390 g/mol. The molecule has 0 saturated heterocycles. The van der Waals surface area contributed by atoms with Crippen molar-refractivity contribution in [1.29, 1.82) is 0 Å². The second-order valence-electron chi connectivity index (χ2n) is 7.52. The number of fused-ring (bicyclic) bond motifs is 1. The number of aromatic nitrogens is 2. The second kappa shape index (κ2) is 9.51. The second-order valence-corrected chi connectivity index (χ2v) is 7.52. The van der Waals surface area contributed by atoms with Crippen molar-refractivity contribution < 1.29 is 13.9 Å². The van der Waals surface area contributed by atoms with Gasteiger partial charge in [-0.15, -0.1) is 0 Å². The van der Waals surface area contributed by atoms with Gasteiger partial charge in [0, 0.05) is 12.6 Å². The summed E-state index contributed by atoms with van der Waals surface area (Å²) in [6.07, 6.45) is 4.20. The number of aryl methyl sites for hydroxylation is 1. The molecule has 2 aromatic carbocycles. The van der Waals surface area contributed by atoms with E-state index in [2.05, 4.69) is 28.9 Å². The van der Waals surface area contributed by atoms with E-state index >= 15 is 0 Å². The van der Waals surface area contributed by atoms with E-state index in [1.807, 2.05) is 36.4 Å². The third kappa shape index (κ3) is 4.63. The fraction of sp³-hybridized carbons (Fsp3) is 0.280. The highest BCUT2D eigenvalue weighted by Gasteiger charge is 2.24. The minimum absolute atomic E-state index is 0.252. The van der Waals surface area contributed by atoms with Crippen molar-refractivity contribution in [2.75, 3.05) is 7.11 Å². The Labute approximate surface area is 181 Å². The Morgan fingerprint density at radius 3 is 2.71 bits per heavy atom. The van der Waals surface area contributed by atoms with Crippen LogP contribution in [0.15, 0.2) is 71.3 Å². The third-order valence-electron chi connectivity index (χ3n) is 5.36. The van der Waals surface area contributed by atoms with E-state index in [4.69, 9.17) is 14.1 Å². The number of nitrogens with zero attached hydrogens (tertiary/aromatic N) is 2. The maximum atomic E-state index is 12.9. The molecule has 1 atom stereocenters. The molecule has 0 fully saturated rings. The normalized spacial score (nSPS) is 12.1. The molecule has 1 unspecified atom stereocenters. The smallest absolute Gasteiger partial charge is 0.287 e. The van der Waals surface area contributed by atoms with Crippen LogP contribution in [0.4, 0.5) is 0 Å². The zero-order valence-electron chi connectivity index (χ0n) is 17.9. The number of furan rings is 1. The number of imidazole rings is 1. The SMILES string of the molecule is CCCCn1c(C(Cc2ccccc2)NC(=O)c2ccco2)nc2ccc(OC)cc21. The fourth-order valence-corrected chi connectivity index (χ4v) is 3.76. The van der Waals surface area contributed by atoms with Crippen molar-refractivity contribution in [2.24, 2.45) is 0 Å². The molecule has 0 saturated carbocycles. The van der Waals surface area contributed by atoms with Gasteiger partial charge in [0.05, 0.1) is 30.4 Å². The van der Waals surface area contributed by atoms with Crippen molar-refractivity contribution in [1.82, 2.24) is 14.9 Å². The summed E-state index contributed by atoms with van der Waals surface area (Å²) in [5.41, 5.74) is 3.02. The zero-order chi connectivity index (χ0) is 21.6. The number of hydrogen-bond acceptors (Lipinski definition) is 4. The Bertz CT molecular complexity index is 1130. The molecule has 2 aromatic heterocycles. The summed E-state index contributed by atoms with van der Waals surface area (Å²) in [4.78, 5) is 17.8. The van der Waals surface area contributed by atoms with Crippen molar-refractivity contribution in [3.05, 3.63) is 84.1 Å². The first-order chi connectivity index (χ1) is 15.2. The van der Waals surface area contributed by atoms with Crippen LogP contribution in [0.5, 0.6) is 5.75 Å². The molecule has 4 aromatic rings. The highest BCUT2D eigenvalue weighted by Crippen LogP contribution is 2.27. The van der Waals surface area contributed by atoms with Crippen LogP contribution in [-0.4, -0.2) is 22.6 Å². The van der Waals surface area contributed by atoms with Crippen LogP contribution in [0.25, 0.3) is 11.0 Å². The first kappa shape index (κ1) is 20.7. The molecule has 0 bridgehead atoms. The number of hydrogen-bond donors (Lipinski definition) is 1. The summed E-state index contributed by atoms with van der Waals surface area (Å²) in [5, 5.41) is 3.14. The molecule has 0 aliphatic heterocycles. The lowest BCUT2D eigenvalue weighted by molar-refractivity contribution is 0.0906. The Morgan fingerprint density at radius 1 is 1.16 bits per heavy atom. The minimum Gasteiger partial charge on any atom is -0.497 e. The van der Waals surface area contributed by atoms with Crippen LogP contribution in [0.2, 0.25) is 0 Å². The lowest BCUT2D eigenvalue weighted by Crippen LogP contribution is -2.32. The van der Waals surface area contributed by atoms with Gasteiger partial charge in [0.25, 0.3) is 5.91 Å². The van der Waals surface area contributed by atoms with E-state index in [-0.39, 0.29) is 17.7 Å². The van der Waals surface area contributed by atoms with Crippen LogP contribution in [0.1, 0.15) is 47.7 Å². The molecule has 0 aliphatic rings. The van der Waals surface area contributed by atoms with E-state index in [9.17, 15) is 4.79 Å². The Hall–Kier alpha value is -3.54. The van der Waals surface area contributed by atoms with Gasteiger partial charge in [-0.05, 0) is 42.7 Å². The van der Waals surface area contributed by atoms with Gasteiger partial charge in [0.1, 0.15) is 11.6 Å². The lowest BCUT2D eigenvalue weighted by Gasteiger charge is -2.20. The standard InChI is InChI=1S/C25H27N3O3/c1-3-4-14-28-22-17-19(30-2)12-13-20(22)26-24(28)21(16-18-9-6-5-7-10-18)27-25(29)23-11-8-15-31-23/h5-13,15,17,21H,3-4,14,16H2,1-2H3,(H,27,29). The van der Waals surface area contributed by atoms with E-state index in [1.165, 1.54) is 6.26 Å². The first-order valence-corrected chi connectivity index (χ1v) is 10.6. The van der Waals surface area contributed by atoms with Gasteiger partial charge in [-0.25, -0.2) is 4.98 Å². The van der Waals surface area contributed by atoms with Crippen LogP contribution in [0.3, 0.4) is 0 Å². The molecule has 0 aliphatic carbocycles. The topological polar surface area (TPSA) is 69.3 Å². The van der Waals surface area contributed by atoms with Crippen molar-refractivity contribution in [2.45, 2.75) is 38.8 Å². The van der Waals surface area contributed by atoms with Gasteiger partial charge in [0.2, 0.25) is 0 Å². The molecule has 1 amide bonds. The van der Waals surface area contributed by atoms with Crippen LogP contribution in [-0.2, 0) is 13.0 Å². The Morgan fingerprint density at radius 2 is 2.00 bits per heavy atom. The van der Waals surface area contributed by atoms with Gasteiger partial charge in [-0.1, -0.05) is 43.7 Å². The minimum atomic E-state index is -0.310. The molecule has 0 spiro atoms. The van der Waals surface area contributed by atoms with Gasteiger partial charge in [-0.3, -0.25) is 4.79 Å². The quantitative estimate of drug-likeness (QED) is 0.409. The number of carbonyl (C=O) groups excluding carboxylic acids is 1. The summed E-state index contributed by atoms with van der Waals surface area (Å²) in [6.45, 7) is 2.98. The maximum absolute atomic E-state index is 12.9. The molecule has 6 heteroatoms. The van der Waals surface area contributed by atoms with E-state index in [0.717, 1.165) is 47.6 Å². The van der Waals surface area contributed by atoms with E-state index in [0.29, 0.717) is 6.42 Å². The van der Waals surface area contributed by atoms with Crippen molar-refractivity contribution >= 4 is 16.9 Å². The van der Waals surface area contributed by atoms with Crippen LogP contribution < -0.4 is 10.1 Å². The highest BCUT2D eigenvalue weighted by atomic mass is 16.5. The monoisotopic (exact) mass is 417 g/mol. The fourth-order valence-electron chi connectivity index (χ4n) is 3.76. The van der Waals surface area contributed by atoms with Gasteiger partial charge >= 0.3 is 0 Å². The molecule has 1 N–H and O–H groups in total. The lowest BCUT2D eigenvalue weighted by atomic mass is 10.0. The predicted octanol–water partition coefficient (Wildman–Crippen LogP) is 5.15. The average molecular weight is 418 g/mol. The molecular formula is C25H27N3O3. The zero-order valence-corrected chi connectivity index (χ0v) is 17.9. The van der Waals surface area contributed by atoms with Crippen molar-refractivity contribution in [3.8, 4) is 5.75 Å². The van der Waals surface area contributed by atoms with Gasteiger partial charge in [-0.2, -0.15) is 0 Å². The average Bonchev–Trinajstić information content (AvgIpc) is 3.46. The highest BCUT2D eigenvalue weighted by molar-refractivity contribution is 5.91. The largest absolute Gasteiger partial charge is 0.497 e. The van der Waals surface area contributed by atoms with Crippen LogP contribution in [0, 0.1) is 0 Å². The molecule has 0 radical (unpaired) electrons. The molecule has 2 heterocycles. The van der Waals surface area contributed by atoms with E-state index < -0.39 is 0 Å². The molecule has 4 rings (SSSR count). The third-order valence-corrected chi connectivity index (χ3v) is 5.36. The number of amides is 1. The summed E-state index contributed by atoms with van der Waals surface area (Å²) >= 11 is 0. The number of carbonyl (C=O) groups is 1. The van der Waals surface area contributed by atoms with Crippen molar-refractivity contribution in [3.63, 3.8) is 0 Å². The maximum Gasteiger partial charge on any atom is 0.287 e. The summed E-state index contributed by atoms with van der Waals surface area (Å²) in [6, 6.07) is 19.1. The Balaban J connectivity index is 1.77. The molecule has 6 nitrogen and oxygen atoms in total. The number of benzene rings is 2. The summed E-state index contributed by atoms with van der Waals surface area (Å²) in [5.74, 6) is 1.66. The van der Waals surface area contributed by atoms with Gasteiger partial charge in [0.15, 0.2) is 5.76 Å². The molecule has 160 valence electrons. The summed E-state index contributed by atoms with van der Waals surface area (Å²) in [7, 11) is 1.66. The van der Waals surface area contributed by atoms with Gasteiger partial charge < -0.3 is 19.0 Å².